The molecule has 1 aromatic heterocycles. The fourth-order valence-corrected chi connectivity index (χ4v) is 4.62. The lowest BCUT2D eigenvalue weighted by Crippen LogP contribution is -2.03. The first-order chi connectivity index (χ1) is 10.5. The van der Waals surface area contributed by atoms with Crippen LogP contribution in [0.2, 0.25) is 0 Å². The van der Waals surface area contributed by atoms with E-state index in [1.54, 1.807) is 6.20 Å². The molecule has 1 saturated carbocycles. The van der Waals surface area contributed by atoms with E-state index in [-0.39, 0.29) is 11.6 Å². The van der Waals surface area contributed by atoms with Crippen LogP contribution in [0.25, 0.3) is 0 Å². The number of hydrogen-bond acceptors (Lipinski definition) is 3. The number of aromatic nitrogens is 1. The Morgan fingerprint density at radius 2 is 2.14 bits per heavy atom. The molecule has 1 fully saturated rings. The zero-order chi connectivity index (χ0) is 15.3. The number of aromatic amines is 1. The Morgan fingerprint density at radius 1 is 1.32 bits per heavy atom. The summed E-state index contributed by atoms with van der Waals surface area (Å²) in [7, 11) is -3.10. The molecule has 1 aliphatic carbocycles. The summed E-state index contributed by atoms with van der Waals surface area (Å²) in [6.07, 6.45) is 4.26. The predicted octanol–water partition coefficient (Wildman–Crippen LogP) is 2.97. The summed E-state index contributed by atoms with van der Waals surface area (Å²) in [5.74, 6) is 0.419. The van der Waals surface area contributed by atoms with Crippen molar-refractivity contribution >= 4 is 15.5 Å². The highest BCUT2D eigenvalue weighted by Gasteiger charge is 2.29. The molecule has 0 atom stereocenters. The van der Waals surface area contributed by atoms with Crippen molar-refractivity contribution in [3.05, 3.63) is 47.0 Å². The van der Waals surface area contributed by atoms with Crippen molar-refractivity contribution in [1.82, 2.24) is 4.98 Å². The number of sulfone groups is 1. The van der Waals surface area contributed by atoms with Gasteiger partial charge in [0, 0.05) is 17.6 Å². The van der Waals surface area contributed by atoms with Crippen LogP contribution in [0.15, 0.2) is 29.3 Å². The largest absolute Gasteiger partial charge is 0.379 e. The molecule has 0 bridgehead atoms. The first-order valence-electron chi connectivity index (χ1n) is 7.50. The second kappa shape index (κ2) is 4.84. The van der Waals surface area contributed by atoms with E-state index in [2.05, 4.69) is 10.3 Å². The van der Waals surface area contributed by atoms with Crippen LogP contribution in [0, 0.1) is 5.82 Å². The summed E-state index contributed by atoms with van der Waals surface area (Å²) >= 11 is 0. The van der Waals surface area contributed by atoms with E-state index in [1.807, 2.05) is 12.1 Å². The summed E-state index contributed by atoms with van der Waals surface area (Å²) in [5.41, 5.74) is 3.24. The quantitative estimate of drug-likeness (QED) is 0.910. The number of anilines is 1. The first kappa shape index (κ1) is 13.8. The van der Waals surface area contributed by atoms with E-state index >= 15 is 0 Å². The molecule has 0 unspecified atom stereocenters. The standard InChI is InChI=1S/C16H17FN2O2S/c17-14-7-11(3-4-12(14)10-1-2-10)18-8-15-13-5-6-22(20,21)16(13)9-19-15/h3-4,7,9-10,18-19H,1-2,5-6,8H2. The molecule has 0 amide bonds. The zero-order valence-electron chi connectivity index (χ0n) is 12.0. The summed E-state index contributed by atoms with van der Waals surface area (Å²) in [5, 5.41) is 3.17. The lowest BCUT2D eigenvalue weighted by Gasteiger charge is -2.08. The Morgan fingerprint density at radius 3 is 2.86 bits per heavy atom. The fourth-order valence-electron chi connectivity index (χ4n) is 3.08. The van der Waals surface area contributed by atoms with Crippen LogP contribution in [0.4, 0.5) is 10.1 Å². The fraction of sp³-hybridized carbons (Fsp3) is 0.375. The van der Waals surface area contributed by atoms with Gasteiger partial charge < -0.3 is 10.3 Å². The Kier molecular flexibility index (Phi) is 3.04. The van der Waals surface area contributed by atoms with Crippen LogP contribution >= 0.6 is 0 Å². The van der Waals surface area contributed by atoms with Crippen molar-refractivity contribution in [3.63, 3.8) is 0 Å². The molecular weight excluding hydrogens is 303 g/mol. The highest BCUT2D eigenvalue weighted by molar-refractivity contribution is 7.91. The molecule has 2 heterocycles. The molecule has 22 heavy (non-hydrogen) atoms. The number of halogens is 1. The second-order valence-electron chi connectivity index (χ2n) is 6.04. The van der Waals surface area contributed by atoms with Crippen LogP contribution in [-0.4, -0.2) is 19.2 Å². The molecule has 1 aliphatic heterocycles. The number of H-pyrrole nitrogens is 1. The van der Waals surface area contributed by atoms with Crippen molar-refractivity contribution in [1.29, 1.82) is 0 Å². The molecule has 2 aromatic rings. The molecule has 2 aliphatic rings. The highest BCUT2D eigenvalue weighted by Crippen LogP contribution is 2.41. The van der Waals surface area contributed by atoms with Crippen molar-refractivity contribution in [2.45, 2.75) is 36.6 Å². The van der Waals surface area contributed by atoms with Crippen LogP contribution < -0.4 is 5.32 Å². The minimum atomic E-state index is -3.10. The van der Waals surface area contributed by atoms with Crippen LogP contribution in [0.3, 0.4) is 0 Å². The van der Waals surface area contributed by atoms with Crippen molar-refractivity contribution in [2.75, 3.05) is 11.1 Å². The lowest BCUT2D eigenvalue weighted by molar-refractivity contribution is 0.600. The third-order valence-corrected chi connectivity index (χ3v) is 6.26. The molecule has 116 valence electrons. The van der Waals surface area contributed by atoms with Gasteiger partial charge in [0.1, 0.15) is 5.82 Å². The summed E-state index contributed by atoms with van der Waals surface area (Å²) in [4.78, 5) is 3.44. The van der Waals surface area contributed by atoms with E-state index in [4.69, 9.17) is 0 Å². The van der Waals surface area contributed by atoms with Gasteiger partial charge >= 0.3 is 0 Å². The van der Waals surface area contributed by atoms with Gasteiger partial charge in [0.2, 0.25) is 0 Å². The maximum Gasteiger partial charge on any atom is 0.180 e. The Hall–Kier alpha value is -1.82. The lowest BCUT2D eigenvalue weighted by atomic mass is 10.1. The van der Waals surface area contributed by atoms with E-state index in [9.17, 15) is 12.8 Å². The van der Waals surface area contributed by atoms with E-state index in [0.717, 1.165) is 29.7 Å². The van der Waals surface area contributed by atoms with E-state index < -0.39 is 9.84 Å². The maximum absolute atomic E-state index is 14.0. The third-order valence-electron chi connectivity index (χ3n) is 4.48. The van der Waals surface area contributed by atoms with Crippen LogP contribution in [-0.2, 0) is 22.8 Å². The molecule has 4 nitrogen and oxygen atoms in total. The van der Waals surface area contributed by atoms with Crippen molar-refractivity contribution in [2.24, 2.45) is 0 Å². The zero-order valence-corrected chi connectivity index (χ0v) is 12.8. The van der Waals surface area contributed by atoms with Crippen molar-refractivity contribution < 1.29 is 12.8 Å². The third kappa shape index (κ3) is 2.31. The number of rotatable bonds is 4. The van der Waals surface area contributed by atoms with Gasteiger partial charge in [0.05, 0.1) is 17.2 Å². The molecule has 0 saturated heterocycles. The highest BCUT2D eigenvalue weighted by atomic mass is 32.2. The molecule has 0 spiro atoms. The van der Waals surface area contributed by atoms with Gasteiger partial charge in [-0.3, -0.25) is 0 Å². The van der Waals surface area contributed by atoms with E-state index in [0.29, 0.717) is 29.5 Å². The molecule has 4 rings (SSSR count). The average Bonchev–Trinajstić information content (AvgIpc) is 3.15. The number of benzene rings is 1. The Balaban J connectivity index is 1.51. The van der Waals surface area contributed by atoms with Gasteiger partial charge in [0.15, 0.2) is 9.84 Å². The monoisotopic (exact) mass is 320 g/mol. The Labute approximate surface area is 128 Å². The molecule has 2 N–H and O–H groups in total. The van der Waals surface area contributed by atoms with Crippen LogP contribution in [0.5, 0.6) is 0 Å². The SMILES string of the molecule is O=S1(=O)CCc2c1c[nH]c2CNc1ccc(C2CC2)c(F)c1. The summed E-state index contributed by atoms with van der Waals surface area (Å²) in [6, 6.07) is 5.25. The molecule has 6 heteroatoms. The first-order valence-corrected chi connectivity index (χ1v) is 9.15. The van der Waals surface area contributed by atoms with Crippen LogP contribution in [0.1, 0.15) is 35.6 Å². The van der Waals surface area contributed by atoms with E-state index in [1.165, 1.54) is 6.07 Å². The van der Waals surface area contributed by atoms with Crippen molar-refractivity contribution in [3.8, 4) is 0 Å². The smallest absolute Gasteiger partial charge is 0.180 e. The Bertz CT molecular complexity index is 838. The second-order valence-corrected chi connectivity index (χ2v) is 8.12. The van der Waals surface area contributed by atoms with Gasteiger partial charge in [-0.05, 0) is 48.4 Å². The maximum atomic E-state index is 14.0. The van der Waals surface area contributed by atoms with Gasteiger partial charge in [-0.15, -0.1) is 0 Å². The normalized spacial score (nSPS) is 19.1. The van der Waals surface area contributed by atoms with Gasteiger partial charge in [-0.25, -0.2) is 12.8 Å². The minimum absolute atomic E-state index is 0.160. The topological polar surface area (TPSA) is 62.0 Å². The van der Waals surface area contributed by atoms with Gasteiger partial charge in [0.25, 0.3) is 0 Å². The number of fused-ring (bicyclic) bond motifs is 1. The molecular formula is C16H17FN2O2S. The van der Waals surface area contributed by atoms with Gasteiger partial charge in [-0.1, -0.05) is 6.07 Å². The number of hydrogen-bond donors (Lipinski definition) is 2. The predicted molar refractivity (Wildman–Crippen MR) is 82.3 cm³/mol. The number of nitrogens with one attached hydrogen (secondary N) is 2. The van der Waals surface area contributed by atoms with Gasteiger partial charge in [-0.2, -0.15) is 0 Å². The minimum Gasteiger partial charge on any atom is -0.379 e. The summed E-state index contributed by atoms with van der Waals surface area (Å²) < 4.78 is 37.6. The molecule has 0 radical (unpaired) electrons. The average molecular weight is 320 g/mol. The summed E-state index contributed by atoms with van der Waals surface area (Å²) in [6.45, 7) is 0.465. The molecule has 1 aromatic carbocycles.